The summed E-state index contributed by atoms with van der Waals surface area (Å²) in [5.41, 5.74) is 5.32. The number of hydrogen-bond donors (Lipinski definition) is 2. The molecule has 0 aliphatic heterocycles. The summed E-state index contributed by atoms with van der Waals surface area (Å²) in [4.78, 5) is 22.0. The summed E-state index contributed by atoms with van der Waals surface area (Å²) in [6, 6.07) is 21.3. The fourth-order valence-corrected chi connectivity index (χ4v) is 3.91. The Morgan fingerprint density at radius 3 is 2.42 bits per heavy atom. The molecule has 0 aliphatic rings. The molecule has 3 aromatic carbocycles. The molecule has 36 heavy (non-hydrogen) atoms. The second-order valence-electron chi connectivity index (χ2n) is 9.63. The third kappa shape index (κ3) is 4.95. The Morgan fingerprint density at radius 2 is 1.69 bits per heavy atom. The van der Waals surface area contributed by atoms with Gasteiger partial charge in [-0.2, -0.15) is 0 Å². The van der Waals surface area contributed by atoms with Crippen molar-refractivity contribution in [2.45, 2.75) is 26.2 Å². The van der Waals surface area contributed by atoms with Crippen molar-refractivity contribution >= 4 is 28.7 Å². The van der Waals surface area contributed by atoms with Gasteiger partial charge in [0.2, 0.25) is 0 Å². The number of fused-ring (bicyclic) bond motifs is 1. The monoisotopic (exact) mass is 479 g/mol. The molecular formula is C29H26FN5O. The zero-order valence-corrected chi connectivity index (χ0v) is 20.3. The van der Waals surface area contributed by atoms with Gasteiger partial charge in [-0.15, -0.1) is 0 Å². The summed E-state index contributed by atoms with van der Waals surface area (Å²) in [6.07, 6.45) is 5.41. The summed E-state index contributed by atoms with van der Waals surface area (Å²) in [7, 11) is 0. The number of nitrogens with one attached hydrogen (secondary N) is 2. The number of hydrogen-bond acceptors (Lipinski definition) is 4. The molecule has 2 aromatic heterocycles. The molecule has 6 nitrogen and oxygen atoms in total. The van der Waals surface area contributed by atoms with E-state index in [-0.39, 0.29) is 17.1 Å². The van der Waals surface area contributed by atoms with Crippen LogP contribution in [0.15, 0.2) is 91.4 Å². The van der Waals surface area contributed by atoms with E-state index in [0.717, 1.165) is 5.56 Å². The van der Waals surface area contributed by atoms with Crippen molar-refractivity contribution in [3.05, 3.63) is 108 Å². The Labute approximate surface area is 208 Å². The second-order valence-corrected chi connectivity index (χ2v) is 9.63. The summed E-state index contributed by atoms with van der Waals surface area (Å²) < 4.78 is 15.2. The van der Waals surface area contributed by atoms with Crippen LogP contribution in [-0.2, 0) is 5.41 Å². The number of anilines is 3. The van der Waals surface area contributed by atoms with Crippen LogP contribution < -0.4 is 10.6 Å². The van der Waals surface area contributed by atoms with Crippen LogP contribution in [0.3, 0.4) is 0 Å². The molecule has 2 N–H and O–H groups in total. The van der Waals surface area contributed by atoms with E-state index in [4.69, 9.17) is 4.98 Å². The predicted octanol–water partition coefficient (Wildman–Crippen LogP) is 6.83. The predicted molar refractivity (Wildman–Crippen MR) is 141 cm³/mol. The second kappa shape index (κ2) is 9.26. The van der Waals surface area contributed by atoms with Gasteiger partial charge < -0.3 is 15.0 Å². The van der Waals surface area contributed by atoms with Gasteiger partial charge in [-0.25, -0.2) is 14.4 Å². The van der Waals surface area contributed by atoms with Crippen LogP contribution in [0.25, 0.3) is 16.9 Å². The molecule has 0 saturated heterocycles. The maximum Gasteiger partial charge on any atom is 0.255 e. The maximum atomic E-state index is 13.3. The first-order valence-electron chi connectivity index (χ1n) is 11.6. The minimum atomic E-state index is -0.308. The Balaban J connectivity index is 1.41. The van der Waals surface area contributed by atoms with Gasteiger partial charge in [0.05, 0.1) is 5.69 Å². The molecule has 0 spiro atoms. The largest absolute Gasteiger partial charge is 0.337 e. The number of aromatic nitrogens is 3. The summed E-state index contributed by atoms with van der Waals surface area (Å²) in [5, 5.41) is 6.20. The molecule has 1 amide bonds. The van der Waals surface area contributed by atoms with Crippen molar-refractivity contribution in [3.8, 4) is 11.3 Å². The van der Waals surface area contributed by atoms with E-state index in [1.807, 2.05) is 65.3 Å². The van der Waals surface area contributed by atoms with Crippen molar-refractivity contribution in [2.75, 3.05) is 10.6 Å². The van der Waals surface area contributed by atoms with Crippen LogP contribution in [0.1, 0.15) is 36.7 Å². The lowest BCUT2D eigenvalue weighted by Gasteiger charge is -2.19. The SMILES string of the molecule is CC(C)(C)c1ccc(C(=O)Nc2cccc(-c3cn4ccnc4c(Nc4ccc(F)cc4)n3)c2)cc1. The quantitative estimate of drug-likeness (QED) is 0.290. The topological polar surface area (TPSA) is 71.3 Å². The lowest BCUT2D eigenvalue weighted by molar-refractivity contribution is 0.102. The molecule has 0 fully saturated rings. The Hall–Kier alpha value is -4.52. The molecule has 0 unspecified atom stereocenters. The zero-order chi connectivity index (χ0) is 25.3. The highest BCUT2D eigenvalue weighted by molar-refractivity contribution is 6.04. The molecule has 0 atom stereocenters. The van der Waals surface area contributed by atoms with E-state index in [9.17, 15) is 9.18 Å². The molecule has 5 aromatic rings. The lowest BCUT2D eigenvalue weighted by Crippen LogP contribution is -2.14. The lowest BCUT2D eigenvalue weighted by atomic mass is 9.87. The molecule has 180 valence electrons. The Bertz CT molecular complexity index is 1530. The van der Waals surface area contributed by atoms with E-state index < -0.39 is 0 Å². The third-order valence-corrected chi connectivity index (χ3v) is 5.91. The zero-order valence-electron chi connectivity index (χ0n) is 20.3. The number of benzene rings is 3. The van der Waals surface area contributed by atoms with Gasteiger partial charge in [0.25, 0.3) is 5.91 Å². The highest BCUT2D eigenvalue weighted by Gasteiger charge is 2.15. The number of imidazole rings is 1. The Morgan fingerprint density at radius 1 is 0.944 bits per heavy atom. The van der Waals surface area contributed by atoms with E-state index in [2.05, 4.69) is 36.4 Å². The summed E-state index contributed by atoms with van der Waals surface area (Å²) >= 11 is 0. The van der Waals surface area contributed by atoms with Crippen LogP contribution in [0.2, 0.25) is 0 Å². The van der Waals surface area contributed by atoms with Gasteiger partial charge in [-0.1, -0.05) is 45.0 Å². The highest BCUT2D eigenvalue weighted by Crippen LogP contribution is 2.27. The number of halogens is 1. The highest BCUT2D eigenvalue weighted by atomic mass is 19.1. The molecule has 7 heteroatoms. The van der Waals surface area contributed by atoms with Crippen LogP contribution in [0.4, 0.5) is 21.6 Å². The molecule has 0 saturated carbocycles. The molecular weight excluding hydrogens is 453 g/mol. The first-order chi connectivity index (χ1) is 17.3. The first kappa shape index (κ1) is 23.2. The van der Waals surface area contributed by atoms with E-state index in [0.29, 0.717) is 34.1 Å². The first-order valence-corrected chi connectivity index (χ1v) is 11.6. The normalized spacial score (nSPS) is 11.4. The molecule has 2 heterocycles. The standard InChI is InChI=1S/C29H26FN5O/c1-29(2,3)21-9-7-19(8-10-21)28(36)33-24-6-4-5-20(17-24)25-18-35-16-15-31-27(35)26(34-25)32-23-13-11-22(30)12-14-23/h4-18H,1-3H3,(H,32,34)(H,33,36). The van der Waals surface area contributed by atoms with Crippen LogP contribution in [0.5, 0.6) is 0 Å². The molecule has 0 bridgehead atoms. The van der Waals surface area contributed by atoms with Crippen LogP contribution >= 0.6 is 0 Å². The van der Waals surface area contributed by atoms with Crippen molar-refractivity contribution in [1.29, 1.82) is 0 Å². The number of carbonyl (C=O) groups is 1. The summed E-state index contributed by atoms with van der Waals surface area (Å²) in [6.45, 7) is 6.43. The van der Waals surface area contributed by atoms with Crippen molar-refractivity contribution in [1.82, 2.24) is 14.4 Å². The van der Waals surface area contributed by atoms with Gasteiger partial charge in [-0.05, 0) is 59.5 Å². The average Bonchev–Trinajstić information content (AvgIpc) is 3.34. The van der Waals surface area contributed by atoms with Gasteiger partial charge in [0, 0.05) is 41.1 Å². The van der Waals surface area contributed by atoms with Gasteiger partial charge >= 0.3 is 0 Å². The van der Waals surface area contributed by atoms with Gasteiger partial charge in [0.1, 0.15) is 5.82 Å². The number of carbonyl (C=O) groups excluding carboxylic acids is 1. The minimum Gasteiger partial charge on any atom is -0.337 e. The van der Waals surface area contributed by atoms with E-state index >= 15 is 0 Å². The number of amides is 1. The van der Waals surface area contributed by atoms with Crippen molar-refractivity contribution in [3.63, 3.8) is 0 Å². The van der Waals surface area contributed by atoms with Gasteiger partial charge in [-0.3, -0.25) is 4.79 Å². The van der Waals surface area contributed by atoms with Gasteiger partial charge in [0.15, 0.2) is 11.5 Å². The Kier molecular flexibility index (Phi) is 5.98. The molecule has 0 radical (unpaired) electrons. The fraction of sp³-hybridized carbons (Fsp3) is 0.138. The molecule has 0 aliphatic carbocycles. The number of nitrogens with zero attached hydrogens (tertiary/aromatic N) is 3. The van der Waals surface area contributed by atoms with Crippen molar-refractivity contribution < 1.29 is 9.18 Å². The van der Waals surface area contributed by atoms with Crippen LogP contribution in [-0.4, -0.2) is 20.3 Å². The number of rotatable bonds is 5. The molecule has 5 rings (SSSR count). The smallest absolute Gasteiger partial charge is 0.255 e. The van der Waals surface area contributed by atoms with Crippen LogP contribution in [0, 0.1) is 5.82 Å². The minimum absolute atomic E-state index is 0.0249. The third-order valence-electron chi connectivity index (χ3n) is 5.91. The fourth-order valence-electron chi connectivity index (χ4n) is 3.91. The van der Waals surface area contributed by atoms with E-state index in [1.165, 1.54) is 17.7 Å². The maximum absolute atomic E-state index is 13.3. The van der Waals surface area contributed by atoms with E-state index in [1.54, 1.807) is 18.3 Å². The van der Waals surface area contributed by atoms with Crippen molar-refractivity contribution in [2.24, 2.45) is 0 Å². The average molecular weight is 480 g/mol. The summed E-state index contributed by atoms with van der Waals surface area (Å²) in [5.74, 6) is 0.0546.